The number of benzene rings is 6. The molecule has 3 aliphatic heterocycles. The quantitative estimate of drug-likeness (QED) is 0.0470. The smallest absolute Gasteiger partial charge is 0.412 e. The van der Waals surface area contributed by atoms with E-state index in [4.69, 9.17) is 23.7 Å². The van der Waals surface area contributed by atoms with Crippen molar-refractivity contribution in [3.05, 3.63) is 174 Å². The van der Waals surface area contributed by atoms with E-state index in [0.29, 0.717) is 22.4 Å². The minimum absolute atomic E-state index is 0.0174. The van der Waals surface area contributed by atoms with Crippen molar-refractivity contribution in [2.45, 2.75) is 91.1 Å². The van der Waals surface area contributed by atoms with Crippen molar-refractivity contribution in [1.29, 1.82) is 0 Å². The second kappa shape index (κ2) is 25.1. The van der Waals surface area contributed by atoms with Crippen LogP contribution in [0.5, 0.6) is 5.75 Å². The lowest BCUT2D eigenvalue weighted by Gasteiger charge is -2.48. The summed E-state index contributed by atoms with van der Waals surface area (Å²) in [7, 11) is -4.74. The van der Waals surface area contributed by atoms with Gasteiger partial charge in [0.1, 0.15) is 78.6 Å². The molecule has 3 fully saturated rings. The van der Waals surface area contributed by atoms with Crippen molar-refractivity contribution in [1.82, 2.24) is 0 Å². The summed E-state index contributed by atoms with van der Waals surface area (Å²) in [5.41, 5.74) is 1.00. The number of nitrogens with one attached hydrogen (secondary N) is 2. The molecule has 0 saturated carbocycles. The van der Waals surface area contributed by atoms with Crippen LogP contribution in [0.2, 0.25) is 0 Å². The summed E-state index contributed by atoms with van der Waals surface area (Å²) in [5, 5.41) is 82.8. The molecule has 0 aliphatic carbocycles. The zero-order valence-corrected chi connectivity index (χ0v) is 43.4. The number of phenolic OH excluding ortho intramolecular Hbond substituents is 1. The van der Waals surface area contributed by atoms with E-state index in [-0.39, 0.29) is 46.3 Å². The number of halogens is 3. The van der Waals surface area contributed by atoms with E-state index >= 15 is 8.42 Å². The number of carbonyl (C=O) groups is 3. The highest BCUT2D eigenvalue weighted by atomic mass is 32.2. The fourth-order valence-corrected chi connectivity index (χ4v) is 11.8. The number of hydrogen-bond acceptors (Lipinski definition) is 17. The number of aliphatic hydroxyl groups is 6. The SMILES string of the molecule is O=C(Nc1ccccc1F)OCC1O[C@@H](O[C@@H]2C(CO)O[C@@H](CS(=O)(=O)c3cc(-c4cccc(O)c4)ccc3[C@@H]3[C@@H](CC[C@H](O)c4ccc(F)cc4)C(=O)N3c3ccccc3)[C@@H](O)C2O)[C@@H](O)C(O)[C@@H]1OC(=O)Nc1ccccc1F. The molecule has 3 amide bonds. The van der Waals surface area contributed by atoms with Gasteiger partial charge in [-0.25, -0.2) is 31.2 Å². The second-order valence-electron chi connectivity index (χ2n) is 19.5. The van der Waals surface area contributed by atoms with Crippen molar-refractivity contribution in [2.24, 2.45) is 5.92 Å². The number of nitrogens with zero attached hydrogens (tertiary/aromatic N) is 1. The molecule has 24 heteroatoms. The number of para-hydroxylation sites is 3. The van der Waals surface area contributed by atoms with Gasteiger partial charge in [-0.1, -0.05) is 78.9 Å². The summed E-state index contributed by atoms with van der Waals surface area (Å²) >= 11 is 0. The lowest BCUT2D eigenvalue weighted by molar-refractivity contribution is -0.340. The number of rotatable bonds is 18. The van der Waals surface area contributed by atoms with Crippen LogP contribution in [0, 0.1) is 23.4 Å². The van der Waals surface area contributed by atoms with Crippen LogP contribution >= 0.6 is 0 Å². The highest BCUT2D eigenvalue weighted by Gasteiger charge is 2.54. The molecule has 9 N–H and O–H groups in total. The predicted octanol–water partition coefficient (Wildman–Crippen LogP) is 5.65. The van der Waals surface area contributed by atoms with E-state index in [1.165, 1.54) is 89.8 Å². The second-order valence-corrected chi connectivity index (χ2v) is 21.5. The first-order valence-electron chi connectivity index (χ1n) is 25.5. The lowest BCUT2D eigenvalue weighted by atomic mass is 9.78. The van der Waals surface area contributed by atoms with Crippen molar-refractivity contribution < 1.29 is 95.4 Å². The third-order valence-electron chi connectivity index (χ3n) is 14.2. The van der Waals surface area contributed by atoms with Gasteiger partial charge in [-0.05, 0) is 102 Å². The number of phenols is 1. The third-order valence-corrected chi connectivity index (χ3v) is 16.0. The molecule has 81 heavy (non-hydrogen) atoms. The molecule has 6 aromatic carbocycles. The molecular weight excluding hydrogens is 1090 g/mol. The minimum atomic E-state index is -4.74. The summed E-state index contributed by atoms with van der Waals surface area (Å²) in [5.74, 6) is -4.72. The summed E-state index contributed by atoms with van der Waals surface area (Å²) in [6.07, 6.45) is -23.6. The van der Waals surface area contributed by atoms with Gasteiger partial charge in [-0.3, -0.25) is 15.4 Å². The highest BCUT2D eigenvalue weighted by Crippen LogP contribution is 2.49. The maximum absolute atomic E-state index is 15.2. The number of aromatic hydroxyl groups is 1. The summed E-state index contributed by atoms with van der Waals surface area (Å²) in [6, 6.07) is 33.1. The van der Waals surface area contributed by atoms with E-state index in [9.17, 15) is 63.3 Å². The maximum atomic E-state index is 15.2. The Bertz CT molecular complexity index is 3310. The van der Waals surface area contributed by atoms with Crippen LogP contribution in [0.25, 0.3) is 11.1 Å². The molecule has 3 saturated heterocycles. The average molecular weight is 1140 g/mol. The molecule has 13 atom stereocenters. The first kappa shape index (κ1) is 58.2. The van der Waals surface area contributed by atoms with Crippen LogP contribution in [0.1, 0.15) is 36.1 Å². The molecule has 428 valence electrons. The zero-order chi connectivity index (χ0) is 57.7. The maximum Gasteiger partial charge on any atom is 0.412 e. The summed E-state index contributed by atoms with van der Waals surface area (Å²) in [4.78, 5) is 41.2. The normalized spacial score (nSPS) is 26.0. The Labute approximate surface area is 461 Å². The van der Waals surface area contributed by atoms with Gasteiger partial charge in [0.15, 0.2) is 22.2 Å². The van der Waals surface area contributed by atoms with E-state index in [1.54, 1.807) is 48.5 Å². The highest BCUT2D eigenvalue weighted by molar-refractivity contribution is 7.91. The molecule has 0 spiro atoms. The van der Waals surface area contributed by atoms with Crippen LogP contribution in [0.15, 0.2) is 150 Å². The largest absolute Gasteiger partial charge is 0.508 e. The Morgan fingerprint density at radius 1 is 0.679 bits per heavy atom. The van der Waals surface area contributed by atoms with Crippen molar-refractivity contribution >= 4 is 45.0 Å². The van der Waals surface area contributed by atoms with E-state index in [2.05, 4.69) is 10.6 Å². The number of anilines is 3. The number of aliphatic hydroxyl groups excluding tert-OH is 6. The van der Waals surface area contributed by atoms with Gasteiger partial charge in [-0.15, -0.1) is 0 Å². The van der Waals surface area contributed by atoms with Gasteiger partial charge < -0.3 is 64.3 Å². The van der Waals surface area contributed by atoms with Crippen LogP contribution in [-0.2, 0) is 38.3 Å². The monoisotopic (exact) mass is 1140 g/mol. The Balaban J connectivity index is 0.970. The number of hydrogen-bond donors (Lipinski definition) is 9. The molecule has 3 heterocycles. The molecular formula is C57H56F3N3O17S. The van der Waals surface area contributed by atoms with Gasteiger partial charge in [0.05, 0.1) is 46.7 Å². The Morgan fingerprint density at radius 3 is 1.96 bits per heavy atom. The van der Waals surface area contributed by atoms with Crippen molar-refractivity contribution in [3.8, 4) is 16.9 Å². The van der Waals surface area contributed by atoms with Gasteiger partial charge >= 0.3 is 12.2 Å². The third kappa shape index (κ3) is 13.0. The molecule has 20 nitrogen and oxygen atoms in total. The van der Waals surface area contributed by atoms with Gasteiger partial charge in [0.25, 0.3) is 0 Å². The minimum Gasteiger partial charge on any atom is -0.508 e. The molecule has 6 aromatic rings. The van der Waals surface area contributed by atoms with Crippen LogP contribution in [0.3, 0.4) is 0 Å². The van der Waals surface area contributed by atoms with Crippen LogP contribution < -0.4 is 15.5 Å². The Hall–Kier alpha value is -7.49. The molecule has 4 unspecified atom stereocenters. The van der Waals surface area contributed by atoms with Gasteiger partial charge in [-0.2, -0.15) is 0 Å². The van der Waals surface area contributed by atoms with Gasteiger partial charge in [0, 0.05) is 5.69 Å². The van der Waals surface area contributed by atoms with Crippen LogP contribution in [-0.4, -0.2) is 142 Å². The molecule has 0 radical (unpaired) electrons. The molecule has 0 bridgehead atoms. The van der Waals surface area contributed by atoms with E-state index in [1.807, 2.05) is 0 Å². The van der Waals surface area contributed by atoms with Crippen molar-refractivity contribution in [2.75, 3.05) is 34.5 Å². The Morgan fingerprint density at radius 2 is 1.31 bits per heavy atom. The first-order valence-corrected chi connectivity index (χ1v) is 27.1. The lowest BCUT2D eigenvalue weighted by Crippen LogP contribution is -2.65. The van der Waals surface area contributed by atoms with Gasteiger partial charge in [0.2, 0.25) is 5.91 Å². The number of β-lactam (4-membered cyclic amide) rings is 1. The fourth-order valence-electron chi connectivity index (χ4n) is 10.1. The number of amides is 3. The zero-order valence-electron chi connectivity index (χ0n) is 42.6. The van der Waals surface area contributed by atoms with E-state index in [0.717, 1.165) is 12.1 Å². The molecule has 0 aromatic heterocycles. The van der Waals surface area contributed by atoms with E-state index < -0.39 is 138 Å². The standard InChI is InChI=1S/C57H56F3N3O17S/c58-33-20-17-30(18-21-33)42(66)24-23-37-47(63(54(37)71)34-10-2-1-3-11-34)36-22-19-32(31-9-8-12-35(65)25-31)26-46(36)81(74,75)29-45-48(67)49(68)52(43(27-64)77-45)79-55-51(70)50(69)53(80-57(73)62-41-16-7-5-14-39(41)60)44(78-55)28-76-56(72)61-40-15-6-4-13-38(40)59/h1-22,25-26,37,42-45,47-53,55,64-70H,23-24,27-29H2,(H,61,72)(H,62,73)/t37-,42+,43?,44?,45+,47-,48-,49?,50?,51+,52-,53-,55+/m1/s1. The predicted molar refractivity (Wildman–Crippen MR) is 281 cm³/mol. The molecule has 9 rings (SSSR count). The number of carbonyl (C=O) groups excluding carboxylic acids is 3. The first-order chi connectivity index (χ1) is 38.8. The fraction of sp³-hybridized carbons (Fsp3) is 0.316. The molecule has 3 aliphatic rings. The summed E-state index contributed by atoms with van der Waals surface area (Å²) in [6.45, 7) is -1.94. The van der Waals surface area contributed by atoms with Crippen LogP contribution in [0.4, 0.5) is 39.8 Å². The Kier molecular flexibility index (Phi) is 18.0. The summed E-state index contributed by atoms with van der Waals surface area (Å²) < 4.78 is 101. The number of ether oxygens (including phenoxy) is 5. The average Bonchev–Trinajstić information content (AvgIpc) is 2.68. The number of sulfone groups is 1. The topological polar surface area (TPSA) is 300 Å². The van der Waals surface area contributed by atoms with Crippen molar-refractivity contribution in [3.63, 3.8) is 0 Å².